The van der Waals surface area contributed by atoms with E-state index in [0.29, 0.717) is 0 Å². The Morgan fingerprint density at radius 3 is 2.23 bits per heavy atom. The van der Waals surface area contributed by atoms with Crippen LogP contribution in [0.1, 0.15) is 53.7 Å². The van der Waals surface area contributed by atoms with Crippen LogP contribution in [0.3, 0.4) is 0 Å². The van der Waals surface area contributed by atoms with Crippen LogP contribution in [0.5, 0.6) is 0 Å². The summed E-state index contributed by atoms with van der Waals surface area (Å²) in [6.45, 7) is 2.91. The number of benzene rings is 3. The molecule has 3 heteroatoms. The summed E-state index contributed by atoms with van der Waals surface area (Å²) in [4.78, 5) is 2.47. The average Bonchev–Trinajstić information content (AvgIpc) is 3.14. The number of hydrogen-bond acceptors (Lipinski definition) is 3. The molecule has 30 heavy (non-hydrogen) atoms. The fourth-order valence-corrected chi connectivity index (χ4v) is 5.04. The lowest BCUT2D eigenvalue weighted by Crippen LogP contribution is -2.43. The van der Waals surface area contributed by atoms with Crippen LogP contribution in [0.4, 0.5) is 0 Å². The third-order valence-corrected chi connectivity index (χ3v) is 6.75. The standard InChI is InChI=1S/C27H29NO2/c29-25(21-9-3-1-4-10-21)15-18-28-19-16-27(17-20-28)24-14-8-7-13-23(24)26(30-27)22-11-5-2-6-12-22/h1-14,25-26,29H,15-20H2. The van der Waals surface area contributed by atoms with Gasteiger partial charge in [0.15, 0.2) is 0 Å². The third-order valence-electron chi connectivity index (χ3n) is 6.75. The van der Waals surface area contributed by atoms with Gasteiger partial charge in [-0.25, -0.2) is 0 Å². The minimum Gasteiger partial charge on any atom is -0.388 e. The quantitative estimate of drug-likeness (QED) is 0.638. The first-order valence-corrected chi connectivity index (χ1v) is 11.0. The summed E-state index contributed by atoms with van der Waals surface area (Å²) in [7, 11) is 0. The average molecular weight is 400 g/mol. The zero-order chi connectivity index (χ0) is 20.4. The molecular formula is C27H29NO2. The number of likely N-dealkylation sites (tertiary alicyclic amines) is 1. The number of hydrogen-bond donors (Lipinski definition) is 1. The molecule has 2 atom stereocenters. The summed E-state index contributed by atoms with van der Waals surface area (Å²) in [5.41, 5.74) is 4.73. The lowest BCUT2D eigenvalue weighted by atomic mass is 9.83. The van der Waals surface area contributed by atoms with Crippen LogP contribution < -0.4 is 0 Å². The Kier molecular flexibility index (Phi) is 5.43. The van der Waals surface area contributed by atoms with Crippen LogP contribution in [0.25, 0.3) is 0 Å². The Hall–Kier alpha value is -2.46. The molecule has 1 fully saturated rings. The van der Waals surface area contributed by atoms with E-state index in [0.717, 1.165) is 44.5 Å². The lowest BCUT2D eigenvalue weighted by Gasteiger charge is -2.40. The molecule has 2 aliphatic rings. The minimum atomic E-state index is -0.395. The van der Waals surface area contributed by atoms with Gasteiger partial charge in [0.25, 0.3) is 0 Å². The predicted molar refractivity (Wildman–Crippen MR) is 119 cm³/mol. The second kappa shape index (κ2) is 8.35. The van der Waals surface area contributed by atoms with Crippen LogP contribution in [-0.2, 0) is 10.3 Å². The van der Waals surface area contributed by atoms with E-state index in [1.807, 2.05) is 30.3 Å². The molecule has 0 aromatic heterocycles. The molecule has 2 unspecified atom stereocenters. The first kappa shape index (κ1) is 19.5. The maximum Gasteiger partial charge on any atom is 0.109 e. The van der Waals surface area contributed by atoms with Gasteiger partial charge in [-0.05, 0) is 41.5 Å². The molecule has 154 valence electrons. The molecule has 3 aromatic carbocycles. The fourth-order valence-electron chi connectivity index (χ4n) is 5.04. The van der Waals surface area contributed by atoms with Crippen molar-refractivity contribution in [3.8, 4) is 0 Å². The van der Waals surface area contributed by atoms with Gasteiger partial charge in [-0.15, -0.1) is 0 Å². The Bertz CT molecular complexity index is 964. The van der Waals surface area contributed by atoms with Gasteiger partial charge < -0.3 is 14.7 Å². The highest BCUT2D eigenvalue weighted by atomic mass is 16.5. The summed E-state index contributed by atoms with van der Waals surface area (Å²) in [6, 6.07) is 29.3. The molecule has 0 aliphatic carbocycles. The molecule has 2 heterocycles. The fraction of sp³-hybridized carbons (Fsp3) is 0.333. The van der Waals surface area contributed by atoms with Gasteiger partial charge in [-0.3, -0.25) is 0 Å². The van der Waals surface area contributed by atoms with Crippen molar-refractivity contribution in [3.63, 3.8) is 0 Å². The number of rotatable bonds is 5. The van der Waals surface area contributed by atoms with Crippen molar-refractivity contribution in [3.05, 3.63) is 107 Å². The number of ether oxygens (including phenoxy) is 1. The van der Waals surface area contributed by atoms with Crippen molar-refractivity contribution in [1.29, 1.82) is 0 Å². The summed E-state index contributed by atoms with van der Waals surface area (Å²) in [5.74, 6) is 0. The largest absolute Gasteiger partial charge is 0.388 e. The van der Waals surface area contributed by atoms with Crippen molar-refractivity contribution in [2.75, 3.05) is 19.6 Å². The van der Waals surface area contributed by atoms with Crippen LogP contribution in [0.15, 0.2) is 84.9 Å². The molecule has 1 spiro atoms. The Labute approximate surface area is 178 Å². The summed E-state index contributed by atoms with van der Waals surface area (Å²) >= 11 is 0. The van der Waals surface area contributed by atoms with Gasteiger partial charge in [-0.1, -0.05) is 84.9 Å². The predicted octanol–water partition coefficient (Wildman–Crippen LogP) is 5.22. The molecule has 2 aliphatic heterocycles. The number of aliphatic hydroxyl groups is 1. The molecule has 0 saturated carbocycles. The number of fused-ring (bicyclic) bond motifs is 2. The molecule has 0 amide bonds. The first-order chi connectivity index (χ1) is 14.8. The van der Waals surface area contributed by atoms with E-state index in [4.69, 9.17) is 4.74 Å². The smallest absolute Gasteiger partial charge is 0.109 e. The van der Waals surface area contributed by atoms with Gasteiger partial charge in [-0.2, -0.15) is 0 Å². The third kappa shape index (κ3) is 3.69. The lowest BCUT2D eigenvalue weighted by molar-refractivity contribution is -0.0975. The molecule has 3 nitrogen and oxygen atoms in total. The van der Waals surface area contributed by atoms with Crippen LogP contribution in [0.2, 0.25) is 0 Å². The van der Waals surface area contributed by atoms with Gasteiger partial charge >= 0.3 is 0 Å². The second-order valence-corrected chi connectivity index (χ2v) is 8.55. The summed E-state index contributed by atoms with van der Waals surface area (Å²) < 4.78 is 6.81. The number of aliphatic hydroxyl groups excluding tert-OH is 1. The Morgan fingerprint density at radius 2 is 1.50 bits per heavy atom. The molecule has 3 aromatic rings. The van der Waals surface area contributed by atoms with E-state index >= 15 is 0 Å². The Balaban J connectivity index is 1.26. The molecule has 0 radical (unpaired) electrons. The van der Waals surface area contributed by atoms with Crippen molar-refractivity contribution in [2.45, 2.75) is 37.1 Å². The van der Waals surface area contributed by atoms with E-state index < -0.39 is 6.10 Å². The zero-order valence-corrected chi connectivity index (χ0v) is 17.3. The first-order valence-electron chi connectivity index (χ1n) is 11.0. The molecule has 1 N–H and O–H groups in total. The second-order valence-electron chi connectivity index (χ2n) is 8.55. The van der Waals surface area contributed by atoms with Gasteiger partial charge in [0.2, 0.25) is 0 Å². The SMILES string of the molecule is OC(CCN1CCC2(CC1)OC(c1ccccc1)c1ccccc12)c1ccccc1. The van der Waals surface area contributed by atoms with Crippen LogP contribution in [0, 0.1) is 0 Å². The highest BCUT2D eigenvalue weighted by molar-refractivity contribution is 5.43. The summed E-state index contributed by atoms with van der Waals surface area (Å²) in [5, 5.41) is 10.5. The van der Waals surface area contributed by atoms with E-state index in [1.165, 1.54) is 16.7 Å². The van der Waals surface area contributed by atoms with Crippen molar-refractivity contribution in [1.82, 2.24) is 4.90 Å². The van der Waals surface area contributed by atoms with Crippen molar-refractivity contribution < 1.29 is 9.84 Å². The molecule has 5 rings (SSSR count). The highest BCUT2D eigenvalue weighted by Gasteiger charge is 2.46. The van der Waals surface area contributed by atoms with Gasteiger partial charge in [0, 0.05) is 19.6 Å². The summed E-state index contributed by atoms with van der Waals surface area (Å²) in [6.07, 6.45) is 2.38. The number of piperidine rings is 1. The topological polar surface area (TPSA) is 32.7 Å². The van der Waals surface area contributed by atoms with Gasteiger partial charge in [0.1, 0.15) is 6.10 Å². The van der Waals surface area contributed by atoms with Crippen molar-refractivity contribution in [2.24, 2.45) is 0 Å². The van der Waals surface area contributed by atoms with Crippen LogP contribution in [-0.4, -0.2) is 29.6 Å². The zero-order valence-electron chi connectivity index (χ0n) is 17.3. The normalized spacial score (nSPS) is 21.4. The monoisotopic (exact) mass is 399 g/mol. The molecule has 1 saturated heterocycles. The van der Waals surface area contributed by atoms with Crippen LogP contribution >= 0.6 is 0 Å². The van der Waals surface area contributed by atoms with E-state index in [1.54, 1.807) is 0 Å². The minimum absolute atomic E-state index is 0.0221. The Morgan fingerprint density at radius 1 is 0.867 bits per heavy atom. The molecule has 0 bridgehead atoms. The maximum absolute atomic E-state index is 10.5. The molecular weight excluding hydrogens is 370 g/mol. The van der Waals surface area contributed by atoms with Gasteiger partial charge in [0.05, 0.1) is 11.7 Å². The van der Waals surface area contributed by atoms with E-state index in [2.05, 4.69) is 59.5 Å². The number of nitrogens with zero attached hydrogens (tertiary/aromatic N) is 1. The van der Waals surface area contributed by atoms with E-state index in [9.17, 15) is 5.11 Å². The highest BCUT2D eigenvalue weighted by Crippen LogP contribution is 2.51. The van der Waals surface area contributed by atoms with Crippen molar-refractivity contribution >= 4 is 0 Å². The maximum atomic E-state index is 10.5. The van der Waals surface area contributed by atoms with E-state index in [-0.39, 0.29) is 11.7 Å².